The molecule has 0 bridgehead atoms. The minimum absolute atomic E-state index is 0.142. The zero-order valence-electron chi connectivity index (χ0n) is 12.1. The average molecular weight is 274 g/mol. The van der Waals surface area contributed by atoms with Gasteiger partial charge in [-0.15, -0.1) is 0 Å². The summed E-state index contributed by atoms with van der Waals surface area (Å²) in [6.07, 6.45) is 1.70. The number of benzene rings is 1. The molecule has 5 heteroatoms. The molecule has 0 spiro atoms. The molecule has 106 valence electrons. The van der Waals surface area contributed by atoms with Crippen LogP contribution in [-0.4, -0.2) is 30.0 Å². The van der Waals surface area contributed by atoms with Gasteiger partial charge in [-0.2, -0.15) is 5.10 Å². The van der Waals surface area contributed by atoms with E-state index in [1.165, 1.54) is 7.11 Å². The van der Waals surface area contributed by atoms with E-state index in [2.05, 4.69) is 5.10 Å². The normalized spacial score (nSPS) is 10.7. The van der Waals surface area contributed by atoms with Crippen molar-refractivity contribution in [3.63, 3.8) is 0 Å². The van der Waals surface area contributed by atoms with Crippen molar-refractivity contribution in [2.45, 2.75) is 19.8 Å². The molecule has 0 N–H and O–H groups in total. The quantitative estimate of drug-likeness (QED) is 0.804. The first-order valence-electron chi connectivity index (χ1n) is 6.39. The summed E-state index contributed by atoms with van der Waals surface area (Å²) in [4.78, 5) is 11.8. The Balaban J connectivity index is 2.44. The lowest BCUT2D eigenvalue weighted by atomic mass is 10.1. The van der Waals surface area contributed by atoms with Crippen LogP contribution in [-0.2, 0) is 4.74 Å². The molecule has 0 unspecified atom stereocenters. The number of nitrogens with zero attached hydrogens (tertiary/aromatic N) is 2. The maximum Gasteiger partial charge on any atom is 0.341 e. The molecular weight excluding hydrogens is 256 g/mol. The lowest BCUT2D eigenvalue weighted by Crippen LogP contribution is -2.04. The number of carbonyl (C=O) groups excluding carboxylic acids is 1. The van der Waals surface area contributed by atoms with Crippen molar-refractivity contribution < 1.29 is 14.3 Å². The highest BCUT2D eigenvalue weighted by atomic mass is 16.5. The summed E-state index contributed by atoms with van der Waals surface area (Å²) in [5, 5.41) is 4.48. The van der Waals surface area contributed by atoms with Gasteiger partial charge in [-0.25, -0.2) is 9.48 Å². The van der Waals surface area contributed by atoms with Crippen molar-refractivity contribution in [1.29, 1.82) is 0 Å². The van der Waals surface area contributed by atoms with Gasteiger partial charge in [0.1, 0.15) is 11.3 Å². The van der Waals surface area contributed by atoms with E-state index in [1.807, 2.05) is 38.1 Å². The second kappa shape index (κ2) is 5.77. The van der Waals surface area contributed by atoms with Crippen LogP contribution in [0.3, 0.4) is 0 Å². The fourth-order valence-corrected chi connectivity index (χ4v) is 1.95. The summed E-state index contributed by atoms with van der Waals surface area (Å²) < 4.78 is 11.6. The van der Waals surface area contributed by atoms with Crippen LogP contribution < -0.4 is 4.74 Å². The first-order valence-corrected chi connectivity index (χ1v) is 6.39. The third-order valence-electron chi connectivity index (χ3n) is 3.03. The number of ether oxygens (including phenoxy) is 2. The molecule has 0 saturated carbocycles. The van der Waals surface area contributed by atoms with E-state index in [0.717, 1.165) is 17.1 Å². The standard InChI is InChI=1S/C15H18N2O3/c1-10(2)14-13(15(18)20-4)9-17(16-14)11-5-7-12(19-3)8-6-11/h5-10H,1-4H3. The molecule has 0 amide bonds. The number of rotatable bonds is 4. The zero-order chi connectivity index (χ0) is 14.7. The highest BCUT2D eigenvalue weighted by molar-refractivity contribution is 5.90. The number of hydrogen-bond donors (Lipinski definition) is 0. The summed E-state index contributed by atoms with van der Waals surface area (Å²) in [5.74, 6) is 0.551. The van der Waals surface area contributed by atoms with Crippen molar-refractivity contribution >= 4 is 5.97 Å². The lowest BCUT2D eigenvalue weighted by Gasteiger charge is -2.04. The highest BCUT2D eigenvalue weighted by Gasteiger charge is 2.19. The Morgan fingerprint density at radius 2 is 1.85 bits per heavy atom. The lowest BCUT2D eigenvalue weighted by molar-refractivity contribution is 0.0599. The van der Waals surface area contributed by atoms with Crippen LogP contribution in [0.15, 0.2) is 30.5 Å². The van der Waals surface area contributed by atoms with Gasteiger partial charge in [0.2, 0.25) is 0 Å². The monoisotopic (exact) mass is 274 g/mol. The van der Waals surface area contributed by atoms with Crippen molar-refractivity contribution in [3.05, 3.63) is 41.7 Å². The highest BCUT2D eigenvalue weighted by Crippen LogP contribution is 2.21. The maximum absolute atomic E-state index is 11.8. The molecule has 0 aliphatic heterocycles. The van der Waals surface area contributed by atoms with Crippen molar-refractivity contribution in [2.75, 3.05) is 14.2 Å². The van der Waals surface area contributed by atoms with Gasteiger partial charge in [-0.1, -0.05) is 13.8 Å². The number of esters is 1. The molecular formula is C15H18N2O3. The van der Waals surface area contributed by atoms with Crippen LogP contribution in [0.1, 0.15) is 35.8 Å². The second-order valence-electron chi connectivity index (χ2n) is 4.72. The minimum Gasteiger partial charge on any atom is -0.497 e. The smallest absolute Gasteiger partial charge is 0.341 e. The van der Waals surface area contributed by atoms with Gasteiger partial charge < -0.3 is 9.47 Å². The molecule has 0 fully saturated rings. The first kappa shape index (κ1) is 14.1. The van der Waals surface area contributed by atoms with Gasteiger partial charge in [0.05, 0.1) is 25.6 Å². The van der Waals surface area contributed by atoms with Crippen LogP contribution >= 0.6 is 0 Å². The van der Waals surface area contributed by atoms with E-state index in [9.17, 15) is 4.79 Å². The number of methoxy groups -OCH3 is 2. The summed E-state index contributed by atoms with van der Waals surface area (Å²) in [6, 6.07) is 7.47. The fraction of sp³-hybridized carbons (Fsp3) is 0.333. The van der Waals surface area contributed by atoms with Crippen LogP contribution in [0.2, 0.25) is 0 Å². The maximum atomic E-state index is 11.8. The third-order valence-corrected chi connectivity index (χ3v) is 3.03. The predicted octanol–water partition coefficient (Wildman–Crippen LogP) is 2.79. The van der Waals surface area contributed by atoms with Crippen molar-refractivity contribution in [2.24, 2.45) is 0 Å². The average Bonchev–Trinajstić information content (AvgIpc) is 2.92. The molecule has 2 rings (SSSR count). The van der Waals surface area contributed by atoms with Gasteiger partial charge in [-0.05, 0) is 30.2 Å². The Labute approximate surface area is 118 Å². The molecule has 0 atom stereocenters. The van der Waals surface area contributed by atoms with Crippen molar-refractivity contribution in [1.82, 2.24) is 9.78 Å². The van der Waals surface area contributed by atoms with Crippen LogP contribution in [0.4, 0.5) is 0 Å². The molecule has 0 aliphatic rings. The number of hydrogen-bond acceptors (Lipinski definition) is 4. The van der Waals surface area contributed by atoms with Crippen molar-refractivity contribution in [3.8, 4) is 11.4 Å². The molecule has 2 aromatic rings. The Morgan fingerprint density at radius 3 is 2.35 bits per heavy atom. The third kappa shape index (κ3) is 2.66. The molecule has 1 heterocycles. The SMILES string of the molecule is COC(=O)c1cn(-c2ccc(OC)cc2)nc1C(C)C. The van der Waals surface area contributed by atoms with Gasteiger partial charge >= 0.3 is 5.97 Å². The Kier molecular flexibility index (Phi) is 4.08. The molecule has 0 radical (unpaired) electrons. The van der Waals surface area contributed by atoms with E-state index in [4.69, 9.17) is 9.47 Å². The molecule has 1 aromatic carbocycles. The zero-order valence-corrected chi connectivity index (χ0v) is 12.1. The largest absolute Gasteiger partial charge is 0.497 e. The van der Waals surface area contributed by atoms with E-state index in [1.54, 1.807) is 18.0 Å². The molecule has 0 saturated heterocycles. The van der Waals surface area contributed by atoms with Gasteiger partial charge in [-0.3, -0.25) is 0 Å². The van der Waals surface area contributed by atoms with E-state index < -0.39 is 0 Å². The van der Waals surface area contributed by atoms with E-state index in [0.29, 0.717) is 5.56 Å². The summed E-state index contributed by atoms with van der Waals surface area (Å²) in [5.41, 5.74) is 2.09. The van der Waals surface area contributed by atoms with E-state index >= 15 is 0 Å². The van der Waals surface area contributed by atoms with Gasteiger partial charge in [0, 0.05) is 6.20 Å². The summed E-state index contributed by atoms with van der Waals surface area (Å²) >= 11 is 0. The Bertz CT molecular complexity index is 600. The number of aromatic nitrogens is 2. The number of carbonyl (C=O) groups is 1. The topological polar surface area (TPSA) is 53.4 Å². The fourth-order valence-electron chi connectivity index (χ4n) is 1.95. The van der Waals surface area contributed by atoms with Gasteiger partial charge in [0.15, 0.2) is 0 Å². The molecule has 1 aromatic heterocycles. The molecule has 5 nitrogen and oxygen atoms in total. The van der Waals surface area contributed by atoms with Gasteiger partial charge in [0.25, 0.3) is 0 Å². The van der Waals surface area contributed by atoms with Crippen LogP contribution in [0.25, 0.3) is 5.69 Å². The second-order valence-corrected chi connectivity index (χ2v) is 4.72. The molecule has 20 heavy (non-hydrogen) atoms. The minimum atomic E-state index is -0.367. The summed E-state index contributed by atoms with van der Waals surface area (Å²) in [6.45, 7) is 3.99. The molecule has 0 aliphatic carbocycles. The Hall–Kier alpha value is -2.30. The predicted molar refractivity (Wildman–Crippen MR) is 75.5 cm³/mol. The van der Waals surface area contributed by atoms with Crippen LogP contribution in [0.5, 0.6) is 5.75 Å². The summed E-state index contributed by atoms with van der Waals surface area (Å²) in [7, 11) is 2.99. The Morgan fingerprint density at radius 1 is 1.20 bits per heavy atom. The van der Waals surface area contributed by atoms with E-state index in [-0.39, 0.29) is 11.9 Å². The first-order chi connectivity index (χ1) is 9.56. The van der Waals surface area contributed by atoms with Crippen LogP contribution in [0, 0.1) is 0 Å².